The summed E-state index contributed by atoms with van der Waals surface area (Å²) in [7, 11) is 3.22. The maximum atomic E-state index is 13.5. The lowest BCUT2D eigenvalue weighted by molar-refractivity contribution is -0.124. The summed E-state index contributed by atoms with van der Waals surface area (Å²) in [6.07, 6.45) is 7.99. The molecule has 5 rings (SSSR count). The van der Waals surface area contributed by atoms with Crippen LogP contribution in [-0.2, 0) is 11.2 Å². The fraction of sp³-hybridized carbons (Fsp3) is 0.444. The monoisotopic (exact) mass is 540 g/mol. The van der Waals surface area contributed by atoms with E-state index >= 15 is 0 Å². The molecule has 3 fully saturated rings. The number of ether oxygens (including phenoxy) is 2. The Morgan fingerprint density at radius 2 is 1.95 bits per heavy atom. The van der Waals surface area contributed by atoms with Crippen molar-refractivity contribution in [1.29, 1.82) is 0 Å². The van der Waals surface area contributed by atoms with Gasteiger partial charge in [-0.3, -0.25) is 14.7 Å². The minimum Gasteiger partial charge on any atom is -0.497 e. The molecule has 0 spiro atoms. The predicted octanol–water partition coefficient (Wildman–Crippen LogP) is 4.56. The highest BCUT2D eigenvalue weighted by Crippen LogP contribution is 2.49. The largest absolute Gasteiger partial charge is 0.497 e. The summed E-state index contributed by atoms with van der Waals surface area (Å²) < 4.78 is 17.8. The third-order valence-electron chi connectivity index (χ3n) is 7.49. The van der Waals surface area contributed by atoms with Crippen LogP contribution < -0.4 is 20.9 Å². The molecule has 1 aliphatic heterocycles. The number of thiocarbonyl (C=S) groups is 1. The lowest BCUT2D eigenvalue weighted by Crippen LogP contribution is -2.41. The van der Waals surface area contributed by atoms with Gasteiger partial charge in [0.05, 0.1) is 19.1 Å². The van der Waals surface area contributed by atoms with Gasteiger partial charge >= 0.3 is 0 Å². The van der Waals surface area contributed by atoms with Crippen LogP contribution in [0.25, 0.3) is 17.4 Å². The Morgan fingerprint density at radius 1 is 1.19 bits per heavy atom. The Hall–Kier alpha value is -2.98. The maximum absolute atomic E-state index is 13.5. The molecule has 4 N–H and O–H groups in total. The van der Waals surface area contributed by atoms with Gasteiger partial charge in [0.1, 0.15) is 27.3 Å². The van der Waals surface area contributed by atoms with E-state index in [1.165, 1.54) is 31.0 Å². The number of guanidine groups is 1. The van der Waals surface area contributed by atoms with Gasteiger partial charge < -0.3 is 25.4 Å². The molecule has 3 aliphatic rings. The molecule has 2 bridgehead atoms. The molecule has 1 saturated heterocycles. The van der Waals surface area contributed by atoms with Crippen LogP contribution >= 0.6 is 24.0 Å². The zero-order valence-electron chi connectivity index (χ0n) is 21.1. The van der Waals surface area contributed by atoms with Crippen molar-refractivity contribution >= 4 is 46.2 Å². The standard InChI is InChI=1S/C27H32N4O4S2/c1-33-19-10-18(11-20(13-19)34-2)22-12-17(4-3-7-30-26(28)29)23(35-22)14-24-25(32)31(27(36)37-24)21-9-15-5-6-16(21)8-15/h10-16,21H,3-9H2,1-2H3,(H4,28,29,30). The number of carbonyl (C=O) groups excluding carboxylic acids is 1. The van der Waals surface area contributed by atoms with Crippen LogP contribution in [-0.4, -0.2) is 47.9 Å². The van der Waals surface area contributed by atoms with E-state index in [-0.39, 0.29) is 17.9 Å². The van der Waals surface area contributed by atoms with Crippen molar-refractivity contribution < 1.29 is 18.7 Å². The third kappa shape index (κ3) is 5.36. The summed E-state index contributed by atoms with van der Waals surface area (Å²) in [6.45, 7) is 0.502. The summed E-state index contributed by atoms with van der Waals surface area (Å²) in [5, 5.41) is 0. The van der Waals surface area contributed by atoms with Gasteiger partial charge in [-0.15, -0.1) is 0 Å². The molecule has 10 heteroatoms. The fourth-order valence-corrected chi connectivity index (χ4v) is 7.09. The number of furan rings is 1. The molecule has 1 aromatic carbocycles. The number of nitrogens with zero attached hydrogens (tertiary/aromatic N) is 2. The lowest BCUT2D eigenvalue weighted by Gasteiger charge is -2.30. The summed E-state index contributed by atoms with van der Waals surface area (Å²) >= 11 is 7.04. The van der Waals surface area contributed by atoms with Crippen LogP contribution in [0, 0.1) is 11.8 Å². The van der Waals surface area contributed by atoms with Crippen LogP contribution in [0.5, 0.6) is 11.5 Å². The van der Waals surface area contributed by atoms with E-state index in [1.807, 2.05) is 35.2 Å². The van der Waals surface area contributed by atoms with Crippen molar-refractivity contribution in [2.24, 2.45) is 28.3 Å². The van der Waals surface area contributed by atoms with Gasteiger partial charge in [0, 0.05) is 30.3 Å². The average molecular weight is 541 g/mol. The van der Waals surface area contributed by atoms with Gasteiger partial charge in [-0.05, 0) is 67.7 Å². The maximum Gasteiger partial charge on any atom is 0.266 e. The molecule has 2 heterocycles. The van der Waals surface area contributed by atoms with Gasteiger partial charge in [0.2, 0.25) is 0 Å². The Labute approximate surface area is 226 Å². The first-order valence-electron chi connectivity index (χ1n) is 12.5. The number of carbonyl (C=O) groups is 1. The first kappa shape index (κ1) is 25.7. The molecular formula is C27H32N4O4S2. The Balaban J connectivity index is 1.45. The topological polar surface area (TPSA) is 116 Å². The zero-order valence-corrected chi connectivity index (χ0v) is 22.7. The van der Waals surface area contributed by atoms with E-state index in [0.717, 1.165) is 29.9 Å². The minimum absolute atomic E-state index is 0.0139. The summed E-state index contributed by atoms with van der Waals surface area (Å²) in [5.41, 5.74) is 12.7. The van der Waals surface area contributed by atoms with Crippen LogP contribution in [0.3, 0.4) is 0 Å². The first-order chi connectivity index (χ1) is 17.9. The van der Waals surface area contributed by atoms with E-state index in [0.29, 0.717) is 51.1 Å². The van der Waals surface area contributed by atoms with Crippen molar-refractivity contribution in [3.63, 3.8) is 0 Å². The highest BCUT2D eigenvalue weighted by atomic mass is 32.2. The van der Waals surface area contributed by atoms with Gasteiger partial charge in [-0.1, -0.05) is 30.4 Å². The van der Waals surface area contributed by atoms with Crippen LogP contribution in [0.1, 0.15) is 43.4 Å². The molecule has 3 unspecified atom stereocenters. The molecule has 2 aromatic rings. The number of fused-ring (bicyclic) bond motifs is 2. The second kappa shape index (κ2) is 10.8. The smallest absolute Gasteiger partial charge is 0.266 e. The Bertz CT molecular complexity index is 1240. The normalized spacial score (nSPS) is 23.8. The summed E-state index contributed by atoms with van der Waals surface area (Å²) in [6, 6.07) is 7.82. The number of methoxy groups -OCH3 is 2. The number of aryl methyl sites for hydroxylation is 1. The Morgan fingerprint density at radius 3 is 2.57 bits per heavy atom. The van der Waals surface area contributed by atoms with E-state index < -0.39 is 0 Å². The highest BCUT2D eigenvalue weighted by Gasteiger charge is 2.48. The van der Waals surface area contributed by atoms with Gasteiger partial charge in [0.15, 0.2) is 5.96 Å². The second-order valence-corrected chi connectivity index (χ2v) is 11.5. The Kier molecular flexibility index (Phi) is 7.48. The quantitative estimate of drug-likeness (QED) is 0.156. The molecule has 1 aromatic heterocycles. The van der Waals surface area contributed by atoms with E-state index in [1.54, 1.807) is 14.2 Å². The van der Waals surface area contributed by atoms with Crippen molar-refractivity contribution in [3.8, 4) is 22.8 Å². The average Bonchev–Trinajstić information content (AvgIpc) is 3.66. The zero-order chi connectivity index (χ0) is 26.1. The molecule has 1 amide bonds. The number of amides is 1. The second-order valence-electron chi connectivity index (χ2n) is 9.81. The van der Waals surface area contributed by atoms with Crippen LogP contribution in [0.15, 0.2) is 38.6 Å². The highest BCUT2D eigenvalue weighted by molar-refractivity contribution is 8.26. The van der Waals surface area contributed by atoms with Gasteiger partial charge in [0.25, 0.3) is 5.91 Å². The van der Waals surface area contributed by atoms with E-state index in [9.17, 15) is 4.79 Å². The van der Waals surface area contributed by atoms with Crippen molar-refractivity contribution in [2.75, 3.05) is 20.8 Å². The number of benzene rings is 1. The SMILES string of the molecule is COc1cc(OC)cc(-c2cc(CCCN=C(N)N)c(C=C3SC(=S)N(C4CC5CCC4C5)C3=O)o2)c1. The molecule has 196 valence electrons. The summed E-state index contributed by atoms with van der Waals surface area (Å²) in [5.74, 6) is 3.96. The van der Waals surface area contributed by atoms with Gasteiger partial charge in [-0.2, -0.15) is 0 Å². The molecule has 8 nitrogen and oxygen atoms in total. The number of aliphatic imine (C=N–C) groups is 1. The number of thioether (sulfide) groups is 1. The van der Waals surface area contributed by atoms with E-state index in [4.69, 9.17) is 37.6 Å². The first-order valence-corrected chi connectivity index (χ1v) is 13.8. The summed E-state index contributed by atoms with van der Waals surface area (Å²) in [4.78, 5) is 20.1. The van der Waals surface area contributed by atoms with Crippen LogP contribution in [0.4, 0.5) is 0 Å². The molecule has 0 radical (unpaired) electrons. The predicted molar refractivity (Wildman–Crippen MR) is 150 cm³/mol. The third-order valence-corrected chi connectivity index (χ3v) is 8.82. The van der Waals surface area contributed by atoms with Crippen molar-refractivity contribution in [3.05, 3.63) is 40.5 Å². The number of nitrogens with two attached hydrogens (primary N) is 2. The van der Waals surface area contributed by atoms with Crippen molar-refractivity contribution in [1.82, 2.24) is 4.90 Å². The fourth-order valence-electron chi connectivity index (χ4n) is 5.74. The van der Waals surface area contributed by atoms with Crippen LogP contribution in [0.2, 0.25) is 0 Å². The molecule has 37 heavy (non-hydrogen) atoms. The number of rotatable bonds is 9. The lowest BCUT2D eigenvalue weighted by atomic mass is 9.94. The van der Waals surface area contributed by atoms with Crippen molar-refractivity contribution in [2.45, 2.75) is 44.6 Å². The molecular weight excluding hydrogens is 508 g/mol. The minimum atomic E-state index is -0.0139. The van der Waals surface area contributed by atoms with E-state index in [2.05, 4.69) is 4.99 Å². The number of hydrogen-bond donors (Lipinski definition) is 2. The van der Waals surface area contributed by atoms with Gasteiger partial charge in [-0.25, -0.2) is 0 Å². The molecule has 2 saturated carbocycles. The molecule has 3 atom stereocenters. The molecule has 2 aliphatic carbocycles. The number of hydrogen-bond acceptors (Lipinski definition) is 7.